The van der Waals surface area contributed by atoms with E-state index in [2.05, 4.69) is 9.26 Å². The fourth-order valence-electron chi connectivity index (χ4n) is 2.01. The number of nitrogens with zero attached hydrogens (tertiary/aromatic N) is 2. The third kappa shape index (κ3) is 2.71. The van der Waals surface area contributed by atoms with Gasteiger partial charge in [-0.05, 0) is 25.0 Å². The zero-order chi connectivity index (χ0) is 12.3. The zero-order valence-corrected chi connectivity index (χ0v) is 9.98. The molecule has 6 heteroatoms. The number of benzene rings is 1. The smallest absolute Gasteiger partial charge is 0.319 e. The summed E-state index contributed by atoms with van der Waals surface area (Å²) < 4.78 is 23.9. The molecule has 1 saturated heterocycles. The van der Waals surface area contributed by atoms with E-state index < -0.39 is 16.4 Å². The second-order valence-corrected chi connectivity index (χ2v) is 4.44. The molecule has 0 saturated carbocycles. The summed E-state index contributed by atoms with van der Waals surface area (Å²) in [5, 5.41) is 0. The summed E-state index contributed by atoms with van der Waals surface area (Å²) in [5.74, 6) is -0.708. The molecule has 1 heterocycles. The lowest BCUT2D eigenvalue weighted by molar-refractivity contribution is 0.101. The van der Waals surface area contributed by atoms with Gasteiger partial charge < -0.3 is 4.90 Å². The van der Waals surface area contributed by atoms with Gasteiger partial charge in [0, 0.05) is 18.8 Å². The van der Waals surface area contributed by atoms with E-state index >= 15 is 0 Å². The first-order valence-corrected chi connectivity index (χ1v) is 6.41. The fraction of sp³-hybridized carbons (Fsp3) is 0.364. The molecule has 2 rings (SSSR count). The fourth-order valence-corrected chi connectivity index (χ4v) is 2.24. The van der Waals surface area contributed by atoms with E-state index in [9.17, 15) is 13.2 Å². The van der Waals surface area contributed by atoms with Crippen LogP contribution in [0.3, 0.4) is 0 Å². The van der Waals surface area contributed by atoms with Crippen LogP contribution in [0.25, 0.3) is 0 Å². The van der Waals surface area contributed by atoms with Gasteiger partial charge in [0.05, 0.1) is 5.56 Å². The van der Waals surface area contributed by atoms with Crippen LogP contribution in [0, 0.1) is 0 Å². The van der Waals surface area contributed by atoms with E-state index in [0.29, 0.717) is 5.56 Å². The highest BCUT2D eigenvalue weighted by Gasteiger charge is 2.18. The minimum absolute atomic E-state index is 0.346. The van der Waals surface area contributed by atoms with Crippen LogP contribution in [0.15, 0.2) is 28.6 Å². The van der Waals surface area contributed by atoms with Crippen molar-refractivity contribution >= 4 is 22.1 Å². The van der Waals surface area contributed by atoms with Crippen molar-refractivity contribution in [1.29, 1.82) is 0 Å². The van der Waals surface area contributed by atoms with Crippen LogP contribution in [0.1, 0.15) is 23.2 Å². The van der Waals surface area contributed by atoms with Gasteiger partial charge in [0.1, 0.15) is 0 Å². The third-order valence-electron chi connectivity index (χ3n) is 2.74. The first-order chi connectivity index (χ1) is 8.18. The average molecular weight is 252 g/mol. The quantitative estimate of drug-likeness (QED) is 0.799. The lowest BCUT2D eigenvalue weighted by Gasteiger charge is -2.19. The Morgan fingerprint density at radius 3 is 2.47 bits per heavy atom. The van der Waals surface area contributed by atoms with Gasteiger partial charge in [-0.1, -0.05) is 16.5 Å². The maximum atomic E-state index is 11.6. The summed E-state index contributed by atoms with van der Waals surface area (Å²) in [6.45, 7) is 1.79. The molecule has 0 radical (unpaired) electrons. The van der Waals surface area contributed by atoms with Gasteiger partial charge in [0.2, 0.25) is 0 Å². The Kier molecular flexibility index (Phi) is 3.53. The Balaban J connectivity index is 2.39. The lowest BCUT2D eigenvalue weighted by atomic mass is 10.1. The Morgan fingerprint density at radius 2 is 1.82 bits per heavy atom. The van der Waals surface area contributed by atoms with Crippen LogP contribution >= 0.6 is 0 Å². The van der Waals surface area contributed by atoms with Crippen molar-refractivity contribution in [2.24, 2.45) is 4.36 Å². The Labute approximate surface area is 101 Å². The number of hydrogen-bond donors (Lipinski definition) is 0. The van der Waals surface area contributed by atoms with Crippen molar-refractivity contribution in [2.75, 3.05) is 18.0 Å². The molecule has 0 aliphatic carbocycles. The van der Waals surface area contributed by atoms with Gasteiger partial charge in [-0.25, -0.2) is 0 Å². The van der Waals surface area contributed by atoms with Crippen LogP contribution < -0.4 is 4.90 Å². The monoisotopic (exact) mass is 252 g/mol. The number of rotatable bonds is 2. The van der Waals surface area contributed by atoms with Crippen LogP contribution in [0.4, 0.5) is 5.69 Å². The number of hydrogen-bond acceptors (Lipinski definition) is 4. The highest BCUT2D eigenvalue weighted by molar-refractivity contribution is 7.62. The summed E-state index contributed by atoms with van der Waals surface area (Å²) in [6.07, 6.45) is 2.18. The number of amides is 1. The van der Waals surface area contributed by atoms with Crippen molar-refractivity contribution in [1.82, 2.24) is 0 Å². The van der Waals surface area contributed by atoms with Crippen LogP contribution in [-0.4, -0.2) is 27.4 Å². The molecule has 1 aromatic rings. The first kappa shape index (κ1) is 11.8. The summed E-state index contributed by atoms with van der Waals surface area (Å²) in [4.78, 5) is 13.7. The van der Waals surface area contributed by atoms with Gasteiger partial charge >= 0.3 is 10.5 Å². The predicted molar refractivity (Wildman–Crippen MR) is 63.6 cm³/mol. The average Bonchev–Trinajstić information content (AvgIpc) is 2.81. The predicted octanol–water partition coefficient (Wildman–Crippen LogP) is 1.49. The maximum absolute atomic E-state index is 11.6. The normalized spacial score (nSPS) is 14.7. The maximum Gasteiger partial charge on any atom is 0.319 e. The second-order valence-electron chi connectivity index (χ2n) is 3.82. The van der Waals surface area contributed by atoms with Crippen LogP contribution in [-0.2, 0) is 10.5 Å². The van der Waals surface area contributed by atoms with E-state index in [4.69, 9.17) is 0 Å². The van der Waals surface area contributed by atoms with Crippen molar-refractivity contribution in [2.45, 2.75) is 12.8 Å². The van der Waals surface area contributed by atoms with E-state index in [0.717, 1.165) is 31.6 Å². The third-order valence-corrected chi connectivity index (χ3v) is 3.05. The molecule has 1 fully saturated rings. The zero-order valence-electron chi connectivity index (χ0n) is 9.17. The number of carbonyl (C=O) groups is 1. The van der Waals surface area contributed by atoms with E-state index in [1.54, 1.807) is 12.1 Å². The first-order valence-electron chi connectivity index (χ1n) is 5.38. The molecule has 0 bridgehead atoms. The molecule has 1 amide bonds. The summed E-state index contributed by atoms with van der Waals surface area (Å²) in [6, 6.07) is 6.96. The molecule has 0 unspecified atom stereocenters. The number of carbonyl (C=O) groups excluding carboxylic acids is 1. The van der Waals surface area contributed by atoms with E-state index in [-0.39, 0.29) is 0 Å². The molecule has 0 spiro atoms. The molecular weight excluding hydrogens is 240 g/mol. The van der Waals surface area contributed by atoms with E-state index in [1.807, 2.05) is 12.1 Å². The number of anilines is 1. The lowest BCUT2D eigenvalue weighted by Crippen LogP contribution is -2.20. The highest BCUT2D eigenvalue weighted by Crippen LogP contribution is 2.24. The molecule has 1 aliphatic rings. The van der Waals surface area contributed by atoms with Crippen LogP contribution in [0.2, 0.25) is 0 Å². The summed E-state index contributed by atoms with van der Waals surface area (Å²) in [5.41, 5.74) is 1.11. The minimum Gasteiger partial charge on any atom is -0.371 e. The van der Waals surface area contributed by atoms with Gasteiger partial charge in [0.25, 0.3) is 5.91 Å². The van der Waals surface area contributed by atoms with Gasteiger partial charge in [-0.15, -0.1) is 0 Å². The molecule has 0 N–H and O–H groups in total. The largest absolute Gasteiger partial charge is 0.371 e. The second kappa shape index (κ2) is 5.09. The Bertz CT molecular complexity index is 552. The van der Waals surface area contributed by atoms with Crippen molar-refractivity contribution in [3.8, 4) is 0 Å². The standard InChI is InChI=1S/C11H12N2O3S/c14-11(12-17(15)16)9-5-1-2-6-10(9)13-7-3-4-8-13/h1-2,5-6H,3-4,7-8H2. The summed E-state index contributed by atoms with van der Waals surface area (Å²) >= 11 is 0. The molecule has 0 aromatic heterocycles. The minimum atomic E-state index is -2.70. The van der Waals surface area contributed by atoms with Gasteiger partial charge in [-0.3, -0.25) is 4.79 Å². The van der Waals surface area contributed by atoms with Crippen molar-refractivity contribution in [3.05, 3.63) is 29.8 Å². The van der Waals surface area contributed by atoms with Crippen molar-refractivity contribution < 1.29 is 13.2 Å². The highest BCUT2D eigenvalue weighted by atomic mass is 32.2. The molecule has 1 aromatic carbocycles. The molecule has 90 valence electrons. The SMILES string of the molecule is O=C(N=S(=O)=O)c1ccccc1N1CCCC1. The molecule has 1 aliphatic heterocycles. The number of para-hydroxylation sites is 1. The van der Waals surface area contributed by atoms with Gasteiger partial charge in [0.15, 0.2) is 0 Å². The Morgan fingerprint density at radius 1 is 1.18 bits per heavy atom. The molecular formula is C11H12N2O3S. The topological polar surface area (TPSA) is 66.8 Å². The van der Waals surface area contributed by atoms with Crippen molar-refractivity contribution in [3.63, 3.8) is 0 Å². The molecule has 0 atom stereocenters. The summed E-state index contributed by atoms with van der Waals surface area (Å²) in [7, 11) is -2.70. The molecule has 17 heavy (non-hydrogen) atoms. The van der Waals surface area contributed by atoms with Crippen LogP contribution in [0.5, 0.6) is 0 Å². The van der Waals surface area contributed by atoms with E-state index in [1.165, 1.54) is 0 Å². The molecule has 5 nitrogen and oxygen atoms in total. The van der Waals surface area contributed by atoms with Gasteiger partial charge in [-0.2, -0.15) is 8.42 Å². The Hall–Kier alpha value is -1.69.